The van der Waals surface area contributed by atoms with E-state index in [1.54, 1.807) is 6.20 Å². The summed E-state index contributed by atoms with van der Waals surface area (Å²) in [6.07, 6.45) is 1.63. The minimum atomic E-state index is 0.537. The molecule has 0 saturated heterocycles. The van der Waals surface area contributed by atoms with Crippen molar-refractivity contribution in [1.29, 1.82) is 0 Å². The highest BCUT2D eigenvalue weighted by molar-refractivity contribution is 6.31. The zero-order valence-electron chi connectivity index (χ0n) is 10.3. The van der Waals surface area contributed by atoms with Crippen LogP contribution in [0.3, 0.4) is 0 Å². The molecule has 5 heteroatoms. The van der Waals surface area contributed by atoms with Crippen molar-refractivity contribution < 1.29 is 0 Å². The third-order valence-corrected chi connectivity index (χ3v) is 3.14. The maximum atomic E-state index is 5.97. The number of fused-ring (bicyclic) bond motifs is 1. The Morgan fingerprint density at radius 1 is 1.21 bits per heavy atom. The lowest BCUT2D eigenvalue weighted by Gasteiger charge is -2.06. The molecule has 0 unspecified atom stereocenters. The zero-order chi connectivity index (χ0) is 13.2. The number of pyridine rings is 1. The van der Waals surface area contributed by atoms with E-state index in [-0.39, 0.29) is 0 Å². The van der Waals surface area contributed by atoms with Crippen LogP contribution in [0.4, 0.5) is 0 Å². The van der Waals surface area contributed by atoms with Gasteiger partial charge in [-0.3, -0.25) is 0 Å². The summed E-state index contributed by atoms with van der Waals surface area (Å²) >= 11 is 5.97. The van der Waals surface area contributed by atoms with Gasteiger partial charge in [0.25, 0.3) is 0 Å². The lowest BCUT2D eigenvalue weighted by Crippen LogP contribution is -2.11. The Balaban J connectivity index is 2.26. The molecular weight excluding hydrogens is 260 g/mol. The van der Waals surface area contributed by atoms with Crippen LogP contribution in [0.5, 0.6) is 0 Å². The van der Waals surface area contributed by atoms with Crippen molar-refractivity contribution in [1.82, 2.24) is 14.5 Å². The average Bonchev–Trinajstić information content (AvgIpc) is 2.78. The van der Waals surface area contributed by atoms with Gasteiger partial charge in [0, 0.05) is 24.8 Å². The Morgan fingerprint density at radius 3 is 2.74 bits per heavy atom. The van der Waals surface area contributed by atoms with Gasteiger partial charge in [-0.05, 0) is 6.07 Å². The Hall–Kier alpha value is -1.91. The molecule has 96 valence electrons. The number of nitrogens with zero attached hydrogens (tertiary/aromatic N) is 3. The van der Waals surface area contributed by atoms with E-state index < -0.39 is 0 Å². The average molecular weight is 273 g/mol. The smallest absolute Gasteiger partial charge is 0.160 e. The summed E-state index contributed by atoms with van der Waals surface area (Å²) < 4.78 is 2.03. The normalized spacial score (nSPS) is 11.1. The van der Waals surface area contributed by atoms with E-state index in [9.17, 15) is 0 Å². The number of hydrogen-bond acceptors (Lipinski definition) is 3. The SMILES string of the molecule is NCCn1c(-c2ccccc2)nc2cc(Cl)cnc21. The maximum Gasteiger partial charge on any atom is 0.160 e. The van der Waals surface area contributed by atoms with Crippen molar-refractivity contribution in [3.8, 4) is 11.4 Å². The van der Waals surface area contributed by atoms with Gasteiger partial charge in [-0.1, -0.05) is 41.9 Å². The number of benzene rings is 1. The monoisotopic (exact) mass is 272 g/mol. The lowest BCUT2D eigenvalue weighted by atomic mass is 10.2. The number of imidazole rings is 1. The van der Waals surface area contributed by atoms with Crippen LogP contribution in [0.1, 0.15) is 0 Å². The number of rotatable bonds is 3. The van der Waals surface area contributed by atoms with Crippen LogP contribution in [0, 0.1) is 0 Å². The summed E-state index contributed by atoms with van der Waals surface area (Å²) in [6, 6.07) is 11.8. The van der Waals surface area contributed by atoms with Crippen molar-refractivity contribution >= 4 is 22.8 Å². The minimum absolute atomic E-state index is 0.537. The summed E-state index contributed by atoms with van der Waals surface area (Å²) in [5.41, 5.74) is 8.34. The van der Waals surface area contributed by atoms with E-state index in [1.165, 1.54) is 0 Å². The molecule has 2 N–H and O–H groups in total. The lowest BCUT2D eigenvalue weighted by molar-refractivity contribution is 0.729. The molecule has 0 bridgehead atoms. The molecule has 0 fully saturated rings. The van der Waals surface area contributed by atoms with Crippen molar-refractivity contribution in [3.05, 3.63) is 47.6 Å². The fourth-order valence-corrected chi connectivity index (χ4v) is 2.29. The van der Waals surface area contributed by atoms with Crippen LogP contribution in [-0.2, 0) is 6.54 Å². The van der Waals surface area contributed by atoms with Gasteiger partial charge < -0.3 is 10.3 Å². The fraction of sp³-hybridized carbons (Fsp3) is 0.143. The van der Waals surface area contributed by atoms with Gasteiger partial charge in [0.15, 0.2) is 5.65 Å². The largest absolute Gasteiger partial charge is 0.329 e. The minimum Gasteiger partial charge on any atom is -0.329 e. The highest BCUT2D eigenvalue weighted by Gasteiger charge is 2.13. The number of aromatic nitrogens is 3. The highest BCUT2D eigenvalue weighted by atomic mass is 35.5. The van der Waals surface area contributed by atoms with E-state index in [1.807, 2.05) is 41.0 Å². The second-order valence-electron chi connectivity index (χ2n) is 4.24. The maximum absolute atomic E-state index is 5.97. The molecule has 2 heterocycles. The zero-order valence-corrected chi connectivity index (χ0v) is 11.0. The molecule has 0 spiro atoms. The van der Waals surface area contributed by atoms with Crippen molar-refractivity contribution in [2.24, 2.45) is 5.73 Å². The molecule has 19 heavy (non-hydrogen) atoms. The first-order valence-electron chi connectivity index (χ1n) is 6.07. The van der Waals surface area contributed by atoms with Crippen LogP contribution in [-0.4, -0.2) is 21.1 Å². The standard InChI is InChI=1S/C14H13ClN4/c15-11-8-12-14(17-9-11)19(7-6-16)13(18-12)10-4-2-1-3-5-10/h1-5,8-9H,6-7,16H2. The molecule has 3 rings (SSSR count). The van der Waals surface area contributed by atoms with Gasteiger partial charge in [-0.25, -0.2) is 9.97 Å². The molecule has 2 aromatic heterocycles. The number of hydrogen-bond donors (Lipinski definition) is 1. The summed E-state index contributed by atoms with van der Waals surface area (Å²) in [5.74, 6) is 0.871. The molecule has 4 nitrogen and oxygen atoms in total. The second-order valence-corrected chi connectivity index (χ2v) is 4.67. The molecule has 3 aromatic rings. The second kappa shape index (κ2) is 4.99. The first-order valence-corrected chi connectivity index (χ1v) is 6.44. The fourth-order valence-electron chi connectivity index (χ4n) is 2.13. The molecule has 0 amide bonds. The number of nitrogens with two attached hydrogens (primary N) is 1. The Labute approximate surface area is 115 Å². The van der Waals surface area contributed by atoms with Gasteiger partial charge >= 0.3 is 0 Å². The first kappa shape index (κ1) is 12.1. The molecule has 0 saturated carbocycles. The molecular formula is C14H13ClN4. The van der Waals surface area contributed by atoms with Crippen molar-refractivity contribution in [2.75, 3.05) is 6.54 Å². The summed E-state index contributed by atoms with van der Waals surface area (Å²) in [6.45, 7) is 1.21. The molecule has 1 aromatic carbocycles. The van der Waals surface area contributed by atoms with Gasteiger partial charge in [-0.2, -0.15) is 0 Å². The Morgan fingerprint density at radius 2 is 2.00 bits per heavy atom. The van der Waals surface area contributed by atoms with Gasteiger partial charge in [0.05, 0.1) is 5.02 Å². The summed E-state index contributed by atoms with van der Waals surface area (Å²) in [4.78, 5) is 8.98. The highest BCUT2D eigenvalue weighted by Crippen LogP contribution is 2.24. The molecule has 0 atom stereocenters. The molecule has 0 aliphatic carbocycles. The van der Waals surface area contributed by atoms with Crippen LogP contribution in [0.2, 0.25) is 5.02 Å². The van der Waals surface area contributed by atoms with Crippen molar-refractivity contribution in [2.45, 2.75) is 6.54 Å². The quantitative estimate of drug-likeness (QED) is 0.798. The first-order chi connectivity index (χ1) is 9.29. The predicted molar refractivity (Wildman–Crippen MR) is 77.0 cm³/mol. The molecule has 0 aliphatic rings. The summed E-state index contributed by atoms with van der Waals surface area (Å²) in [5, 5.41) is 0.588. The topological polar surface area (TPSA) is 56.7 Å². The third kappa shape index (κ3) is 2.20. The van der Waals surface area contributed by atoms with Gasteiger partial charge in [-0.15, -0.1) is 0 Å². The van der Waals surface area contributed by atoms with Gasteiger partial charge in [0.1, 0.15) is 11.3 Å². The predicted octanol–water partition coefficient (Wildman–Crippen LogP) is 2.71. The Kier molecular flexibility index (Phi) is 3.19. The van der Waals surface area contributed by atoms with E-state index in [2.05, 4.69) is 9.97 Å². The van der Waals surface area contributed by atoms with E-state index >= 15 is 0 Å². The molecule has 0 radical (unpaired) electrons. The molecule has 0 aliphatic heterocycles. The van der Waals surface area contributed by atoms with Crippen LogP contribution in [0.25, 0.3) is 22.6 Å². The van der Waals surface area contributed by atoms with Crippen LogP contribution in [0.15, 0.2) is 42.6 Å². The van der Waals surface area contributed by atoms with Crippen LogP contribution < -0.4 is 5.73 Å². The van der Waals surface area contributed by atoms with Gasteiger partial charge in [0.2, 0.25) is 0 Å². The van der Waals surface area contributed by atoms with E-state index in [4.69, 9.17) is 17.3 Å². The van der Waals surface area contributed by atoms with E-state index in [0.29, 0.717) is 18.1 Å². The third-order valence-electron chi connectivity index (χ3n) is 2.94. The Bertz CT molecular complexity index is 706. The van der Waals surface area contributed by atoms with E-state index in [0.717, 1.165) is 22.6 Å². The van der Waals surface area contributed by atoms with Crippen LogP contribution >= 0.6 is 11.6 Å². The summed E-state index contributed by atoms with van der Waals surface area (Å²) in [7, 11) is 0. The number of halogens is 1. The van der Waals surface area contributed by atoms with Crippen molar-refractivity contribution in [3.63, 3.8) is 0 Å².